The Balaban J connectivity index is 2.21. The number of nitrogens with two attached hydrogens (primary N) is 4. The third kappa shape index (κ3) is 14.2. The number of halogens is 2. The molecule has 0 spiro atoms. The van der Waals surface area contributed by atoms with Crippen molar-refractivity contribution in [2.45, 2.75) is 56.3 Å². The maximum absolute atomic E-state index is 13.6. The third-order valence-corrected chi connectivity index (χ3v) is 6.75. The van der Waals surface area contributed by atoms with E-state index in [0.29, 0.717) is 11.1 Å². The number of carboxylic acid groups (broad SMARTS) is 1. The van der Waals surface area contributed by atoms with Crippen molar-refractivity contribution in [2.24, 2.45) is 27.9 Å². The van der Waals surface area contributed by atoms with Gasteiger partial charge in [-0.25, -0.2) is 8.78 Å². The van der Waals surface area contributed by atoms with Gasteiger partial charge in [0.1, 0.15) is 29.8 Å². The van der Waals surface area contributed by atoms with E-state index in [1.165, 1.54) is 36.4 Å². The predicted molar refractivity (Wildman–Crippen MR) is 168 cm³/mol. The van der Waals surface area contributed by atoms with Crippen LogP contribution in [0.2, 0.25) is 0 Å². The molecular formula is C30H39F2N9O7. The first-order chi connectivity index (χ1) is 22.6. The molecule has 2 rings (SSSR count). The Hall–Kier alpha value is -5.65. The van der Waals surface area contributed by atoms with Gasteiger partial charge in [0.15, 0.2) is 5.96 Å². The number of nitrogens with zero attached hydrogens (tertiary/aromatic N) is 1. The van der Waals surface area contributed by atoms with E-state index in [1.54, 1.807) is 0 Å². The minimum absolute atomic E-state index is 0.0119. The smallest absolute Gasteiger partial charge is 0.305 e. The van der Waals surface area contributed by atoms with Crippen LogP contribution in [0.25, 0.3) is 0 Å². The molecule has 0 heterocycles. The van der Waals surface area contributed by atoms with Crippen molar-refractivity contribution in [1.82, 2.24) is 21.3 Å². The second-order valence-corrected chi connectivity index (χ2v) is 10.7. The second kappa shape index (κ2) is 19.1. The molecule has 18 heteroatoms. The lowest BCUT2D eigenvalue weighted by Gasteiger charge is -2.24. The number of hydrogen-bond acceptors (Lipinski definition) is 8. The summed E-state index contributed by atoms with van der Waals surface area (Å²) in [6, 6.07) is 5.16. The number of carboxylic acids is 1. The molecule has 0 aliphatic heterocycles. The van der Waals surface area contributed by atoms with Crippen LogP contribution in [0, 0.1) is 11.6 Å². The molecule has 5 amide bonds. The molecule has 0 aromatic heterocycles. The Morgan fingerprint density at radius 2 is 1.27 bits per heavy atom. The Kier molecular flexibility index (Phi) is 15.3. The van der Waals surface area contributed by atoms with Crippen molar-refractivity contribution in [2.75, 3.05) is 13.1 Å². The van der Waals surface area contributed by atoms with Gasteiger partial charge in [0, 0.05) is 13.0 Å². The zero-order valence-electron chi connectivity index (χ0n) is 25.8. The maximum Gasteiger partial charge on any atom is 0.305 e. The molecule has 0 aliphatic rings. The summed E-state index contributed by atoms with van der Waals surface area (Å²) < 4.78 is 26.8. The van der Waals surface area contributed by atoms with Crippen molar-refractivity contribution in [3.63, 3.8) is 0 Å². The van der Waals surface area contributed by atoms with Crippen molar-refractivity contribution in [1.29, 1.82) is 0 Å². The summed E-state index contributed by atoms with van der Waals surface area (Å²) in [5.74, 6) is -7.07. The van der Waals surface area contributed by atoms with Crippen LogP contribution in [-0.4, -0.2) is 83.8 Å². The largest absolute Gasteiger partial charge is 0.481 e. The van der Waals surface area contributed by atoms with E-state index in [9.17, 15) is 37.5 Å². The normalized spacial score (nSPS) is 13.1. The summed E-state index contributed by atoms with van der Waals surface area (Å²) in [7, 11) is 0. The van der Waals surface area contributed by atoms with E-state index in [2.05, 4.69) is 26.3 Å². The van der Waals surface area contributed by atoms with E-state index < -0.39 is 84.3 Å². The highest BCUT2D eigenvalue weighted by atomic mass is 19.1. The number of hydrogen-bond donors (Lipinski definition) is 9. The molecule has 4 atom stereocenters. The van der Waals surface area contributed by atoms with E-state index in [-0.39, 0.29) is 38.2 Å². The average molecular weight is 676 g/mol. The number of carbonyl (C=O) groups excluding carboxylic acids is 5. The first-order valence-electron chi connectivity index (χ1n) is 14.6. The molecule has 0 saturated carbocycles. The molecule has 2 aromatic rings. The fraction of sp³-hybridized carbons (Fsp3) is 0.367. The zero-order valence-corrected chi connectivity index (χ0v) is 25.8. The van der Waals surface area contributed by atoms with Crippen LogP contribution in [0.15, 0.2) is 53.5 Å². The van der Waals surface area contributed by atoms with Gasteiger partial charge in [0.2, 0.25) is 29.5 Å². The molecule has 0 unspecified atom stereocenters. The van der Waals surface area contributed by atoms with Gasteiger partial charge in [0.05, 0.1) is 19.0 Å². The predicted octanol–water partition coefficient (Wildman–Crippen LogP) is -2.34. The number of rotatable bonds is 19. The number of benzene rings is 2. The fourth-order valence-corrected chi connectivity index (χ4v) is 4.29. The highest BCUT2D eigenvalue weighted by Gasteiger charge is 2.29. The molecule has 13 N–H and O–H groups in total. The standard InChI is InChI=1S/C30H39F2N9O7/c31-18-7-3-16(4-8-18)12-20(33)27(46)41-23(13-17-5-9-19(32)10-6-17)29(48)40-21(2-1-11-37-30(35)36)28(47)38-15-24(42)39-22(26(34)45)14-25(43)44/h3-10,20-23H,1-2,11-15,33H2,(H2,34,45)(H,38,47)(H,39,42)(H,40,48)(H,41,46)(H,43,44)(H4,35,36,37)/t20-,21-,22-,23-/m0/s1. The van der Waals surface area contributed by atoms with Gasteiger partial charge in [-0.2, -0.15) is 0 Å². The van der Waals surface area contributed by atoms with Crippen molar-refractivity contribution >= 4 is 41.5 Å². The second-order valence-electron chi connectivity index (χ2n) is 10.7. The Morgan fingerprint density at radius 1 is 0.729 bits per heavy atom. The van der Waals surface area contributed by atoms with Crippen LogP contribution in [0.1, 0.15) is 30.4 Å². The Bertz CT molecular complexity index is 1470. The topological polar surface area (TPSA) is 287 Å². The lowest BCUT2D eigenvalue weighted by molar-refractivity contribution is -0.140. The van der Waals surface area contributed by atoms with Gasteiger partial charge in [-0.1, -0.05) is 24.3 Å². The van der Waals surface area contributed by atoms with Gasteiger partial charge in [-0.3, -0.25) is 33.8 Å². The van der Waals surface area contributed by atoms with E-state index in [4.69, 9.17) is 28.0 Å². The number of guanidine groups is 1. The number of amides is 5. The van der Waals surface area contributed by atoms with Gasteiger partial charge in [-0.15, -0.1) is 0 Å². The van der Waals surface area contributed by atoms with Crippen LogP contribution in [0.3, 0.4) is 0 Å². The first kappa shape index (κ1) is 38.5. The lowest BCUT2D eigenvalue weighted by atomic mass is 10.0. The summed E-state index contributed by atoms with van der Waals surface area (Å²) in [6.45, 7) is -0.636. The SMILES string of the molecule is NC(=O)[C@H](CC(=O)O)NC(=O)CNC(=O)[C@H](CCCN=C(N)N)NC(=O)[C@H](Cc1ccc(F)cc1)NC(=O)[C@@H](N)Cc1ccc(F)cc1. The van der Waals surface area contributed by atoms with E-state index in [1.807, 2.05) is 0 Å². The molecule has 2 aromatic carbocycles. The molecule has 260 valence electrons. The number of aliphatic imine (C=N–C) groups is 1. The minimum atomic E-state index is -1.53. The molecular weight excluding hydrogens is 636 g/mol. The van der Waals surface area contributed by atoms with E-state index in [0.717, 1.165) is 12.1 Å². The summed E-state index contributed by atoms with van der Waals surface area (Å²) >= 11 is 0. The number of nitrogens with one attached hydrogen (secondary N) is 4. The van der Waals surface area contributed by atoms with Crippen LogP contribution >= 0.6 is 0 Å². The number of carbonyl (C=O) groups is 6. The van der Waals surface area contributed by atoms with Crippen molar-refractivity contribution in [3.8, 4) is 0 Å². The summed E-state index contributed by atoms with van der Waals surface area (Å²) in [5.41, 5.74) is 22.9. The highest BCUT2D eigenvalue weighted by Crippen LogP contribution is 2.10. The van der Waals surface area contributed by atoms with Crippen molar-refractivity contribution < 1.29 is 42.7 Å². The number of aliphatic carboxylic acids is 1. The molecule has 16 nitrogen and oxygen atoms in total. The molecule has 0 fully saturated rings. The summed E-state index contributed by atoms with van der Waals surface area (Å²) in [4.78, 5) is 78.3. The number of primary amides is 1. The van der Waals surface area contributed by atoms with Crippen LogP contribution in [0.5, 0.6) is 0 Å². The molecule has 0 saturated heterocycles. The monoisotopic (exact) mass is 675 g/mol. The van der Waals surface area contributed by atoms with Gasteiger partial charge in [-0.05, 0) is 54.7 Å². The molecule has 0 bridgehead atoms. The van der Waals surface area contributed by atoms with E-state index >= 15 is 0 Å². The lowest BCUT2D eigenvalue weighted by Crippen LogP contribution is -2.57. The zero-order chi connectivity index (χ0) is 35.8. The van der Waals surface area contributed by atoms with Gasteiger partial charge < -0.3 is 49.3 Å². The van der Waals surface area contributed by atoms with Crippen molar-refractivity contribution in [3.05, 3.63) is 71.3 Å². The Morgan fingerprint density at radius 3 is 1.79 bits per heavy atom. The van der Waals surface area contributed by atoms with Crippen LogP contribution in [-0.2, 0) is 41.6 Å². The van der Waals surface area contributed by atoms with Crippen LogP contribution < -0.4 is 44.2 Å². The van der Waals surface area contributed by atoms with Gasteiger partial charge in [0.25, 0.3) is 0 Å². The van der Waals surface area contributed by atoms with Gasteiger partial charge >= 0.3 is 5.97 Å². The van der Waals surface area contributed by atoms with Crippen LogP contribution in [0.4, 0.5) is 8.78 Å². The quantitative estimate of drug-likeness (QED) is 0.0434. The third-order valence-electron chi connectivity index (χ3n) is 6.75. The maximum atomic E-state index is 13.6. The molecule has 0 radical (unpaired) electrons. The minimum Gasteiger partial charge on any atom is -0.481 e. The Labute approximate surface area is 274 Å². The molecule has 0 aliphatic carbocycles. The average Bonchev–Trinajstić information content (AvgIpc) is 3.02. The fourth-order valence-electron chi connectivity index (χ4n) is 4.29. The summed E-state index contributed by atoms with van der Waals surface area (Å²) in [6.07, 6.45) is -0.766. The molecule has 48 heavy (non-hydrogen) atoms. The summed E-state index contributed by atoms with van der Waals surface area (Å²) in [5, 5.41) is 18.4. The first-order valence-corrected chi connectivity index (χ1v) is 14.6. The highest BCUT2D eigenvalue weighted by molar-refractivity contribution is 5.95.